The summed E-state index contributed by atoms with van der Waals surface area (Å²) in [6, 6.07) is 7.76. The predicted octanol–water partition coefficient (Wildman–Crippen LogP) is 1.89. The van der Waals surface area contributed by atoms with Gasteiger partial charge in [-0.2, -0.15) is 5.10 Å². The molecule has 5 nitrogen and oxygen atoms in total. The summed E-state index contributed by atoms with van der Waals surface area (Å²) in [7, 11) is 0. The molecule has 0 saturated carbocycles. The molecule has 0 unspecified atom stereocenters. The van der Waals surface area contributed by atoms with Crippen LogP contribution in [0.3, 0.4) is 0 Å². The van der Waals surface area contributed by atoms with Crippen LogP contribution in [0.2, 0.25) is 0 Å². The van der Waals surface area contributed by atoms with Gasteiger partial charge in [0.1, 0.15) is 5.82 Å². The minimum Gasteiger partial charge on any atom is -0.370 e. The lowest BCUT2D eigenvalue weighted by molar-refractivity contribution is -0.118. The van der Waals surface area contributed by atoms with Gasteiger partial charge in [0.15, 0.2) is 5.82 Å². The molecule has 6 heteroatoms. The molecular formula is C12H13BrN4O. The van der Waals surface area contributed by atoms with Crippen molar-refractivity contribution in [1.29, 1.82) is 0 Å². The lowest BCUT2D eigenvalue weighted by Gasteiger charge is -1.99. The number of benzene rings is 1. The molecule has 94 valence electrons. The van der Waals surface area contributed by atoms with E-state index in [4.69, 9.17) is 5.73 Å². The highest BCUT2D eigenvalue weighted by atomic mass is 79.9. The van der Waals surface area contributed by atoms with Crippen molar-refractivity contribution in [1.82, 2.24) is 14.8 Å². The summed E-state index contributed by atoms with van der Waals surface area (Å²) >= 11 is 3.38. The summed E-state index contributed by atoms with van der Waals surface area (Å²) in [6.45, 7) is 2.32. The summed E-state index contributed by atoms with van der Waals surface area (Å²) in [5.74, 6) is 1.09. The van der Waals surface area contributed by atoms with Gasteiger partial charge in [-0.1, -0.05) is 28.1 Å². The average molecular weight is 309 g/mol. The van der Waals surface area contributed by atoms with Gasteiger partial charge in [0.25, 0.3) is 0 Å². The lowest BCUT2D eigenvalue weighted by Crippen LogP contribution is -2.15. The van der Waals surface area contributed by atoms with Crippen LogP contribution in [0.1, 0.15) is 12.2 Å². The number of hydrogen-bond acceptors (Lipinski definition) is 3. The third-order valence-electron chi connectivity index (χ3n) is 2.53. The van der Waals surface area contributed by atoms with Gasteiger partial charge in [0, 0.05) is 16.5 Å². The first-order valence-electron chi connectivity index (χ1n) is 5.52. The van der Waals surface area contributed by atoms with Gasteiger partial charge in [-0.3, -0.25) is 4.79 Å². The van der Waals surface area contributed by atoms with Gasteiger partial charge >= 0.3 is 0 Å². The first kappa shape index (κ1) is 12.8. The van der Waals surface area contributed by atoms with E-state index in [-0.39, 0.29) is 12.3 Å². The molecule has 0 bridgehead atoms. The number of nitrogens with zero attached hydrogens (tertiary/aromatic N) is 3. The minimum atomic E-state index is -0.338. The summed E-state index contributed by atoms with van der Waals surface area (Å²) in [4.78, 5) is 15.1. The van der Waals surface area contributed by atoms with Gasteiger partial charge in [0.2, 0.25) is 5.91 Å². The minimum absolute atomic E-state index is 0.268. The molecule has 2 rings (SSSR count). The topological polar surface area (TPSA) is 73.8 Å². The fourth-order valence-electron chi connectivity index (χ4n) is 1.57. The molecule has 18 heavy (non-hydrogen) atoms. The fourth-order valence-corrected chi connectivity index (χ4v) is 1.83. The number of primary amides is 1. The second kappa shape index (κ2) is 5.30. The van der Waals surface area contributed by atoms with Crippen molar-refractivity contribution in [2.45, 2.75) is 19.9 Å². The molecule has 0 saturated heterocycles. The number of hydrogen-bond donors (Lipinski definition) is 1. The predicted molar refractivity (Wildman–Crippen MR) is 71.7 cm³/mol. The van der Waals surface area contributed by atoms with E-state index in [2.05, 4.69) is 26.0 Å². The van der Waals surface area contributed by atoms with Crippen molar-refractivity contribution in [3.63, 3.8) is 0 Å². The van der Waals surface area contributed by atoms with Crippen LogP contribution >= 0.6 is 15.9 Å². The van der Waals surface area contributed by atoms with Crippen LogP contribution in [0.15, 0.2) is 28.7 Å². The highest BCUT2D eigenvalue weighted by Crippen LogP contribution is 2.18. The van der Waals surface area contributed by atoms with E-state index in [1.807, 2.05) is 31.2 Å². The maximum absolute atomic E-state index is 10.8. The zero-order valence-corrected chi connectivity index (χ0v) is 11.5. The summed E-state index contributed by atoms with van der Waals surface area (Å²) in [5, 5.41) is 4.36. The first-order chi connectivity index (χ1) is 8.56. The van der Waals surface area contributed by atoms with Gasteiger partial charge in [-0.05, 0) is 19.1 Å². The highest BCUT2D eigenvalue weighted by molar-refractivity contribution is 9.10. The summed E-state index contributed by atoms with van der Waals surface area (Å²) in [6.07, 6.45) is 0.268. The summed E-state index contributed by atoms with van der Waals surface area (Å²) < 4.78 is 2.71. The Morgan fingerprint density at radius 1 is 1.39 bits per heavy atom. The van der Waals surface area contributed by atoms with Crippen molar-refractivity contribution < 1.29 is 4.79 Å². The van der Waals surface area contributed by atoms with Crippen LogP contribution in [0.25, 0.3) is 11.4 Å². The Hall–Kier alpha value is -1.69. The zero-order chi connectivity index (χ0) is 13.1. The molecule has 1 heterocycles. The van der Waals surface area contributed by atoms with Crippen molar-refractivity contribution in [3.8, 4) is 11.4 Å². The van der Waals surface area contributed by atoms with Gasteiger partial charge in [0.05, 0.1) is 6.54 Å². The molecule has 2 N–H and O–H groups in total. The van der Waals surface area contributed by atoms with E-state index in [0.717, 1.165) is 15.9 Å². The Kier molecular flexibility index (Phi) is 3.76. The van der Waals surface area contributed by atoms with E-state index in [9.17, 15) is 4.79 Å². The van der Waals surface area contributed by atoms with Crippen LogP contribution in [0.5, 0.6) is 0 Å². The van der Waals surface area contributed by atoms with E-state index in [0.29, 0.717) is 12.4 Å². The fraction of sp³-hybridized carbons (Fsp3) is 0.250. The van der Waals surface area contributed by atoms with Crippen LogP contribution < -0.4 is 5.73 Å². The second-order valence-corrected chi connectivity index (χ2v) is 4.84. The Morgan fingerprint density at radius 3 is 2.67 bits per heavy atom. The number of carbonyl (C=O) groups is 1. The van der Waals surface area contributed by atoms with Crippen LogP contribution in [0, 0.1) is 6.92 Å². The SMILES string of the molecule is Cc1nc(-c2ccc(Br)cc2)nn1CCC(N)=O. The number of aromatic nitrogens is 3. The third-order valence-corrected chi connectivity index (χ3v) is 3.06. The van der Waals surface area contributed by atoms with Crippen molar-refractivity contribution in [2.24, 2.45) is 5.73 Å². The molecule has 0 spiro atoms. The molecule has 0 aliphatic rings. The van der Waals surface area contributed by atoms with Crippen LogP contribution in [-0.2, 0) is 11.3 Å². The highest BCUT2D eigenvalue weighted by Gasteiger charge is 2.08. The average Bonchev–Trinajstić information content (AvgIpc) is 2.69. The molecule has 0 radical (unpaired) electrons. The molecule has 1 amide bonds. The maximum atomic E-state index is 10.8. The van der Waals surface area contributed by atoms with Crippen molar-refractivity contribution >= 4 is 21.8 Å². The molecule has 2 aromatic rings. The standard InChI is InChI=1S/C12H13BrN4O/c1-8-15-12(9-2-4-10(13)5-3-9)16-17(8)7-6-11(14)18/h2-5H,6-7H2,1H3,(H2,14,18). The molecule has 0 aliphatic carbocycles. The number of rotatable bonds is 4. The van der Waals surface area contributed by atoms with Crippen LogP contribution in [0.4, 0.5) is 0 Å². The maximum Gasteiger partial charge on any atom is 0.219 e. The second-order valence-electron chi connectivity index (χ2n) is 3.93. The van der Waals surface area contributed by atoms with Gasteiger partial charge < -0.3 is 5.73 Å². The van der Waals surface area contributed by atoms with E-state index in [1.165, 1.54) is 0 Å². The van der Waals surface area contributed by atoms with Gasteiger partial charge in [-0.25, -0.2) is 9.67 Å². The smallest absolute Gasteiger partial charge is 0.219 e. The Bertz CT molecular complexity index is 562. The molecule has 0 atom stereocenters. The molecular weight excluding hydrogens is 296 g/mol. The summed E-state index contributed by atoms with van der Waals surface area (Å²) in [5.41, 5.74) is 6.06. The molecule has 1 aromatic heterocycles. The van der Waals surface area contributed by atoms with Crippen LogP contribution in [-0.4, -0.2) is 20.7 Å². The number of carbonyl (C=O) groups excluding carboxylic acids is 1. The lowest BCUT2D eigenvalue weighted by atomic mass is 10.2. The normalized spacial score (nSPS) is 10.6. The van der Waals surface area contributed by atoms with Crippen molar-refractivity contribution in [2.75, 3.05) is 0 Å². The molecule has 1 aromatic carbocycles. The Morgan fingerprint density at radius 2 is 2.06 bits per heavy atom. The quantitative estimate of drug-likeness (QED) is 0.937. The monoisotopic (exact) mass is 308 g/mol. The zero-order valence-electron chi connectivity index (χ0n) is 9.93. The largest absolute Gasteiger partial charge is 0.370 e. The number of halogens is 1. The Labute approximate surface area is 113 Å². The van der Waals surface area contributed by atoms with E-state index in [1.54, 1.807) is 4.68 Å². The van der Waals surface area contributed by atoms with Gasteiger partial charge in [-0.15, -0.1) is 0 Å². The first-order valence-corrected chi connectivity index (χ1v) is 6.31. The van der Waals surface area contributed by atoms with E-state index >= 15 is 0 Å². The molecule has 0 fully saturated rings. The third kappa shape index (κ3) is 2.95. The molecule has 0 aliphatic heterocycles. The number of aryl methyl sites for hydroxylation is 2. The van der Waals surface area contributed by atoms with Crippen molar-refractivity contribution in [3.05, 3.63) is 34.6 Å². The van der Waals surface area contributed by atoms with E-state index < -0.39 is 0 Å². The Balaban J connectivity index is 2.22. The number of nitrogens with two attached hydrogens (primary N) is 1. The number of amides is 1.